The van der Waals surface area contributed by atoms with Crippen molar-refractivity contribution in [1.82, 2.24) is 0 Å². The quantitative estimate of drug-likeness (QED) is 0.748. The molecule has 0 saturated carbocycles. The Kier molecular flexibility index (Phi) is 3.42. The second kappa shape index (κ2) is 4.99. The molecule has 4 heteroatoms. The minimum absolute atomic E-state index is 0.204. The van der Waals surface area contributed by atoms with Crippen molar-refractivity contribution >= 4 is 11.9 Å². The van der Waals surface area contributed by atoms with E-state index in [0.29, 0.717) is 12.5 Å². The van der Waals surface area contributed by atoms with Crippen LogP contribution in [0.5, 0.6) is 0 Å². The normalized spacial score (nSPS) is 22.8. The first kappa shape index (κ1) is 11.6. The summed E-state index contributed by atoms with van der Waals surface area (Å²) < 4.78 is 10.5. The average Bonchev–Trinajstić information content (AvgIpc) is 2.73. The predicted molar refractivity (Wildman–Crippen MR) is 63.9 cm³/mol. The van der Waals surface area contributed by atoms with E-state index in [1.165, 1.54) is 0 Å². The summed E-state index contributed by atoms with van der Waals surface area (Å²) in [5.74, 6) is 0.158. The number of aliphatic imine (C=N–C) groups is 1. The van der Waals surface area contributed by atoms with Gasteiger partial charge in [-0.05, 0) is 26.0 Å². The predicted octanol–water partition coefficient (Wildman–Crippen LogP) is 1.78. The molecular formula is C13H15NO3. The molecule has 0 bridgehead atoms. The van der Waals surface area contributed by atoms with Crippen LogP contribution in [0.25, 0.3) is 0 Å². The molecule has 1 aliphatic heterocycles. The number of hydrogen-bond donors (Lipinski definition) is 0. The molecule has 0 unspecified atom stereocenters. The monoisotopic (exact) mass is 233 g/mol. The van der Waals surface area contributed by atoms with Crippen LogP contribution in [-0.2, 0) is 14.3 Å². The Balaban J connectivity index is 2.10. The Morgan fingerprint density at radius 1 is 1.41 bits per heavy atom. The number of rotatable bonds is 3. The fourth-order valence-electron chi connectivity index (χ4n) is 1.69. The number of carbonyl (C=O) groups is 1. The number of benzene rings is 1. The molecule has 2 atom stereocenters. The molecule has 0 N–H and O–H groups in total. The van der Waals surface area contributed by atoms with Crippen LogP contribution >= 0.6 is 0 Å². The van der Waals surface area contributed by atoms with E-state index in [0.717, 1.165) is 5.56 Å². The zero-order valence-electron chi connectivity index (χ0n) is 9.92. The molecule has 1 aliphatic rings. The first-order valence-corrected chi connectivity index (χ1v) is 5.69. The summed E-state index contributed by atoms with van der Waals surface area (Å²) in [4.78, 5) is 15.9. The van der Waals surface area contributed by atoms with E-state index in [1.54, 1.807) is 6.92 Å². The van der Waals surface area contributed by atoms with Crippen molar-refractivity contribution in [3.05, 3.63) is 35.9 Å². The van der Waals surface area contributed by atoms with Gasteiger partial charge in [0.15, 0.2) is 0 Å². The molecule has 0 radical (unpaired) electrons. The third kappa shape index (κ3) is 2.46. The van der Waals surface area contributed by atoms with Gasteiger partial charge in [0.1, 0.15) is 0 Å². The molecule has 0 fully saturated rings. The number of hydrogen-bond acceptors (Lipinski definition) is 4. The molecule has 4 nitrogen and oxygen atoms in total. The molecule has 0 spiro atoms. The van der Waals surface area contributed by atoms with Crippen LogP contribution in [0, 0.1) is 0 Å². The maximum atomic E-state index is 11.6. The second-order valence-corrected chi connectivity index (χ2v) is 3.83. The summed E-state index contributed by atoms with van der Waals surface area (Å²) in [7, 11) is 0. The average molecular weight is 233 g/mol. The van der Waals surface area contributed by atoms with Gasteiger partial charge in [0.05, 0.1) is 12.6 Å². The molecular weight excluding hydrogens is 218 g/mol. The lowest BCUT2D eigenvalue weighted by molar-refractivity contribution is -0.151. The number of esters is 1. The van der Waals surface area contributed by atoms with E-state index >= 15 is 0 Å². The third-order valence-corrected chi connectivity index (χ3v) is 2.54. The van der Waals surface area contributed by atoms with E-state index in [9.17, 15) is 4.79 Å². The second-order valence-electron chi connectivity index (χ2n) is 3.83. The molecule has 2 rings (SSSR count). The Bertz CT molecular complexity index is 428. The Labute approximate surface area is 100 Å². The highest BCUT2D eigenvalue weighted by atomic mass is 16.6. The van der Waals surface area contributed by atoms with Crippen molar-refractivity contribution in [3.63, 3.8) is 0 Å². The molecule has 0 aromatic heterocycles. The summed E-state index contributed by atoms with van der Waals surface area (Å²) in [6.07, 6.45) is -0.620. The first-order chi connectivity index (χ1) is 8.22. The zero-order chi connectivity index (χ0) is 12.3. The topological polar surface area (TPSA) is 47.9 Å². The summed E-state index contributed by atoms with van der Waals surface area (Å²) >= 11 is 0. The van der Waals surface area contributed by atoms with Crippen LogP contribution in [0.1, 0.15) is 19.4 Å². The van der Waals surface area contributed by atoms with Crippen LogP contribution in [0.15, 0.2) is 35.3 Å². The highest BCUT2D eigenvalue weighted by Crippen LogP contribution is 2.18. The highest BCUT2D eigenvalue weighted by Gasteiger charge is 2.35. The van der Waals surface area contributed by atoms with Crippen LogP contribution in [0.4, 0.5) is 0 Å². The van der Waals surface area contributed by atoms with Crippen molar-refractivity contribution in [3.8, 4) is 0 Å². The fraction of sp³-hybridized carbons (Fsp3) is 0.385. The SMILES string of the molecule is CCOC(=O)[C@H]1OC(c2ccccc2)=N[C@H]1C. The van der Waals surface area contributed by atoms with Gasteiger partial charge in [0.2, 0.25) is 12.0 Å². The van der Waals surface area contributed by atoms with Gasteiger partial charge in [0, 0.05) is 5.56 Å². The van der Waals surface area contributed by atoms with Crippen molar-refractivity contribution in [1.29, 1.82) is 0 Å². The zero-order valence-corrected chi connectivity index (χ0v) is 9.92. The van der Waals surface area contributed by atoms with Gasteiger partial charge in [0.25, 0.3) is 0 Å². The fourth-order valence-corrected chi connectivity index (χ4v) is 1.69. The molecule has 0 saturated heterocycles. The number of carbonyl (C=O) groups excluding carboxylic acids is 1. The van der Waals surface area contributed by atoms with Crippen molar-refractivity contribution in [2.24, 2.45) is 4.99 Å². The largest absolute Gasteiger partial charge is 0.463 e. The number of nitrogens with zero attached hydrogens (tertiary/aromatic N) is 1. The summed E-state index contributed by atoms with van der Waals surface area (Å²) in [6.45, 7) is 3.97. The maximum absolute atomic E-state index is 11.6. The van der Waals surface area contributed by atoms with Gasteiger partial charge in [-0.25, -0.2) is 9.79 Å². The summed E-state index contributed by atoms with van der Waals surface area (Å²) in [6, 6.07) is 9.33. The summed E-state index contributed by atoms with van der Waals surface area (Å²) in [5.41, 5.74) is 0.881. The molecule has 17 heavy (non-hydrogen) atoms. The van der Waals surface area contributed by atoms with Crippen molar-refractivity contribution in [2.75, 3.05) is 6.61 Å². The minimum Gasteiger partial charge on any atom is -0.463 e. The molecule has 90 valence electrons. The Morgan fingerprint density at radius 2 is 2.12 bits per heavy atom. The Hall–Kier alpha value is -1.84. The molecule has 0 aliphatic carbocycles. The minimum atomic E-state index is -0.620. The number of ether oxygens (including phenoxy) is 2. The lowest BCUT2D eigenvalue weighted by Crippen LogP contribution is -2.31. The van der Waals surface area contributed by atoms with Gasteiger partial charge >= 0.3 is 5.97 Å². The lowest BCUT2D eigenvalue weighted by atomic mass is 10.2. The van der Waals surface area contributed by atoms with Gasteiger partial charge in [-0.1, -0.05) is 18.2 Å². The van der Waals surface area contributed by atoms with Gasteiger partial charge in [-0.3, -0.25) is 0 Å². The smallest absolute Gasteiger partial charge is 0.349 e. The highest BCUT2D eigenvalue weighted by molar-refractivity contribution is 5.97. The molecule has 0 amide bonds. The van der Waals surface area contributed by atoms with Crippen LogP contribution < -0.4 is 0 Å². The van der Waals surface area contributed by atoms with Gasteiger partial charge < -0.3 is 9.47 Å². The Morgan fingerprint density at radius 3 is 2.76 bits per heavy atom. The van der Waals surface area contributed by atoms with E-state index in [4.69, 9.17) is 9.47 Å². The van der Waals surface area contributed by atoms with E-state index < -0.39 is 6.10 Å². The maximum Gasteiger partial charge on any atom is 0.349 e. The molecule has 1 aromatic carbocycles. The van der Waals surface area contributed by atoms with E-state index in [2.05, 4.69) is 4.99 Å². The van der Waals surface area contributed by atoms with Crippen molar-refractivity contribution < 1.29 is 14.3 Å². The van der Waals surface area contributed by atoms with Crippen LogP contribution in [0.2, 0.25) is 0 Å². The van der Waals surface area contributed by atoms with E-state index in [1.807, 2.05) is 37.3 Å². The standard InChI is InChI=1S/C13H15NO3/c1-3-16-13(15)11-9(2)14-12(17-11)10-7-5-4-6-8-10/h4-9,11H,3H2,1-2H3/t9-,11-/m0/s1. The van der Waals surface area contributed by atoms with Gasteiger partial charge in [-0.15, -0.1) is 0 Å². The molecule has 1 aromatic rings. The molecule has 1 heterocycles. The summed E-state index contributed by atoms with van der Waals surface area (Å²) in [5, 5.41) is 0. The van der Waals surface area contributed by atoms with E-state index in [-0.39, 0.29) is 12.0 Å². The van der Waals surface area contributed by atoms with Crippen LogP contribution in [0.3, 0.4) is 0 Å². The van der Waals surface area contributed by atoms with Crippen molar-refractivity contribution in [2.45, 2.75) is 26.0 Å². The van der Waals surface area contributed by atoms with Gasteiger partial charge in [-0.2, -0.15) is 0 Å². The lowest BCUT2D eigenvalue weighted by Gasteiger charge is -2.12. The first-order valence-electron chi connectivity index (χ1n) is 5.69. The third-order valence-electron chi connectivity index (χ3n) is 2.54. The van der Waals surface area contributed by atoms with Crippen LogP contribution in [-0.4, -0.2) is 30.6 Å².